The molecule has 0 heterocycles. The first-order valence-electron chi connectivity index (χ1n) is 7.55. The van der Waals surface area contributed by atoms with Crippen LogP contribution < -0.4 is 5.32 Å². The second kappa shape index (κ2) is 8.04. The van der Waals surface area contributed by atoms with E-state index in [0.717, 1.165) is 10.5 Å². The van der Waals surface area contributed by atoms with E-state index in [2.05, 4.69) is 5.32 Å². The number of halogens is 1. The minimum atomic E-state index is -0.197. The monoisotopic (exact) mass is 353 g/mol. The maximum atomic E-state index is 12.5. The number of amides is 1. The Morgan fingerprint density at radius 1 is 0.833 bits per heavy atom. The van der Waals surface area contributed by atoms with Crippen molar-refractivity contribution in [1.29, 1.82) is 0 Å². The van der Waals surface area contributed by atoms with Gasteiger partial charge in [-0.15, -0.1) is 0 Å². The lowest BCUT2D eigenvalue weighted by Crippen LogP contribution is -2.26. The fourth-order valence-corrected chi connectivity index (χ4v) is 3.42. The normalized spacial score (nSPS) is 11.7. The summed E-state index contributed by atoms with van der Waals surface area (Å²) in [6.45, 7) is 0. The summed E-state index contributed by atoms with van der Waals surface area (Å²) in [7, 11) is 0. The molecule has 0 saturated carbocycles. The molecule has 0 radical (unpaired) electrons. The van der Waals surface area contributed by atoms with Gasteiger partial charge in [0.1, 0.15) is 5.37 Å². The summed E-state index contributed by atoms with van der Waals surface area (Å²) in [6.07, 6.45) is 0. The van der Waals surface area contributed by atoms with E-state index in [4.69, 9.17) is 11.6 Å². The molecule has 1 atom stereocenters. The molecule has 0 bridgehead atoms. The third kappa shape index (κ3) is 4.40. The standard InChI is InChI=1S/C20H16ClNOS/c21-17-13-11-16(12-14-17)20(24-18-9-5-2-6-10-18)22-19(23)15-7-3-1-4-8-15/h1-14,20H,(H,22,23)/t20-/m0/s1. The van der Waals surface area contributed by atoms with Crippen LogP contribution in [0, 0.1) is 0 Å². The van der Waals surface area contributed by atoms with Crippen molar-refractivity contribution in [3.05, 3.63) is 101 Å². The molecule has 0 aliphatic carbocycles. The van der Waals surface area contributed by atoms with Crippen molar-refractivity contribution in [2.24, 2.45) is 0 Å². The van der Waals surface area contributed by atoms with Crippen LogP contribution in [0.25, 0.3) is 0 Å². The second-order valence-electron chi connectivity index (χ2n) is 5.20. The summed E-state index contributed by atoms with van der Waals surface area (Å²) < 4.78 is 0. The highest BCUT2D eigenvalue weighted by Crippen LogP contribution is 2.33. The number of hydrogen-bond acceptors (Lipinski definition) is 2. The van der Waals surface area contributed by atoms with Gasteiger partial charge >= 0.3 is 0 Å². The van der Waals surface area contributed by atoms with Gasteiger partial charge in [-0.1, -0.05) is 71.9 Å². The van der Waals surface area contributed by atoms with Crippen LogP contribution in [-0.4, -0.2) is 5.91 Å². The fourth-order valence-electron chi connectivity index (χ4n) is 2.25. The zero-order chi connectivity index (χ0) is 16.8. The molecule has 24 heavy (non-hydrogen) atoms. The molecule has 3 aromatic rings. The zero-order valence-electron chi connectivity index (χ0n) is 12.9. The number of hydrogen-bond donors (Lipinski definition) is 1. The van der Waals surface area contributed by atoms with E-state index in [9.17, 15) is 4.79 Å². The molecule has 2 nitrogen and oxygen atoms in total. The lowest BCUT2D eigenvalue weighted by atomic mass is 10.2. The average molecular weight is 354 g/mol. The lowest BCUT2D eigenvalue weighted by Gasteiger charge is -2.19. The number of thioether (sulfide) groups is 1. The van der Waals surface area contributed by atoms with E-state index in [0.29, 0.717) is 10.6 Å². The molecule has 4 heteroatoms. The number of benzene rings is 3. The van der Waals surface area contributed by atoms with Crippen LogP contribution in [0.4, 0.5) is 0 Å². The molecule has 0 fully saturated rings. The molecule has 0 aliphatic heterocycles. The second-order valence-corrected chi connectivity index (χ2v) is 6.82. The summed E-state index contributed by atoms with van der Waals surface area (Å²) in [4.78, 5) is 13.6. The molecule has 3 aromatic carbocycles. The number of nitrogens with one attached hydrogen (secondary N) is 1. The Balaban J connectivity index is 1.84. The van der Waals surface area contributed by atoms with Gasteiger partial charge < -0.3 is 5.32 Å². The molecular weight excluding hydrogens is 338 g/mol. The van der Waals surface area contributed by atoms with Gasteiger partial charge in [-0.05, 0) is 42.0 Å². The topological polar surface area (TPSA) is 29.1 Å². The van der Waals surface area contributed by atoms with E-state index in [1.807, 2.05) is 72.8 Å². The van der Waals surface area contributed by atoms with Crippen molar-refractivity contribution < 1.29 is 4.79 Å². The maximum absolute atomic E-state index is 12.5. The van der Waals surface area contributed by atoms with Crippen LogP contribution in [0.5, 0.6) is 0 Å². The van der Waals surface area contributed by atoms with Gasteiger partial charge in [-0.25, -0.2) is 0 Å². The minimum absolute atomic E-state index is 0.0982. The van der Waals surface area contributed by atoms with Gasteiger partial charge in [0.25, 0.3) is 5.91 Å². The van der Waals surface area contributed by atoms with Crippen LogP contribution >= 0.6 is 23.4 Å². The first-order valence-corrected chi connectivity index (χ1v) is 8.81. The van der Waals surface area contributed by atoms with E-state index in [-0.39, 0.29) is 11.3 Å². The maximum Gasteiger partial charge on any atom is 0.252 e. The van der Waals surface area contributed by atoms with Crippen LogP contribution in [0.1, 0.15) is 21.3 Å². The van der Waals surface area contributed by atoms with E-state index < -0.39 is 0 Å². The van der Waals surface area contributed by atoms with Crippen LogP contribution in [0.2, 0.25) is 5.02 Å². The van der Waals surface area contributed by atoms with Crippen molar-refractivity contribution in [2.75, 3.05) is 0 Å². The lowest BCUT2D eigenvalue weighted by molar-refractivity contribution is 0.0949. The van der Waals surface area contributed by atoms with Crippen molar-refractivity contribution in [2.45, 2.75) is 10.3 Å². The predicted octanol–water partition coefficient (Wildman–Crippen LogP) is 5.56. The van der Waals surface area contributed by atoms with Gasteiger partial charge in [0.05, 0.1) is 0 Å². The summed E-state index contributed by atoms with van der Waals surface area (Å²) in [5.74, 6) is -0.0982. The van der Waals surface area contributed by atoms with E-state index >= 15 is 0 Å². The Labute approximate surface area is 150 Å². The van der Waals surface area contributed by atoms with Crippen molar-refractivity contribution >= 4 is 29.3 Å². The summed E-state index contributed by atoms with van der Waals surface area (Å²) in [5.41, 5.74) is 1.64. The summed E-state index contributed by atoms with van der Waals surface area (Å²) >= 11 is 7.58. The predicted molar refractivity (Wildman–Crippen MR) is 100 cm³/mol. The molecule has 0 spiro atoms. The van der Waals surface area contributed by atoms with Crippen LogP contribution in [0.3, 0.4) is 0 Å². The molecule has 3 rings (SSSR count). The van der Waals surface area contributed by atoms with E-state index in [1.54, 1.807) is 23.9 Å². The average Bonchev–Trinajstić information content (AvgIpc) is 2.63. The number of carbonyl (C=O) groups is 1. The summed E-state index contributed by atoms with van der Waals surface area (Å²) in [6, 6.07) is 26.8. The molecule has 0 aromatic heterocycles. The smallest absolute Gasteiger partial charge is 0.252 e. The third-order valence-corrected chi connectivity index (χ3v) is 4.89. The number of carbonyl (C=O) groups excluding carboxylic acids is 1. The minimum Gasteiger partial charge on any atom is -0.336 e. The number of rotatable bonds is 5. The highest BCUT2D eigenvalue weighted by molar-refractivity contribution is 7.99. The Morgan fingerprint density at radius 2 is 1.42 bits per heavy atom. The van der Waals surface area contributed by atoms with Crippen molar-refractivity contribution in [3.63, 3.8) is 0 Å². The third-order valence-electron chi connectivity index (χ3n) is 3.47. The van der Waals surface area contributed by atoms with Crippen molar-refractivity contribution in [3.8, 4) is 0 Å². The molecule has 0 saturated heterocycles. The van der Waals surface area contributed by atoms with Crippen molar-refractivity contribution in [1.82, 2.24) is 5.32 Å². The molecule has 120 valence electrons. The largest absolute Gasteiger partial charge is 0.336 e. The van der Waals surface area contributed by atoms with Crippen LogP contribution in [0.15, 0.2) is 89.8 Å². The first-order chi connectivity index (χ1) is 11.7. The Bertz CT molecular complexity index is 791. The quantitative estimate of drug-likeness (QED) is 0.480. The fraction of sp³-hybridized carbons (Fsp3) is 0.0500. The Hall–Kier alpha value is -2.23. The van der Waals surface area contributed by atoms with Gasteiger partial charge in [0.15, 0.2) is 0 Å². The molecule has 0 aliphatic rings. The molecule has 1 amide bonds. The van der Waals surface area contributed by atoms with Gasteiger partial charge in [0.2, 0.25) is 0 Å². The molecule has 1 N–H and O–H groups in total. The Kier molecular flexibility index (Phi) is 5.57. The highest BCUT2D eigenvalue weighted by atomic mass is 35.5. The van der Waals surface area contributed by atoms with Crippen LogP contribution in [-0.2, 0) is 0 Å². The van der Waals surface area contributed by atoms with Gasteiger partial charge in [-0.3, -0.25) is 4.79 Å². The van der Waals surface area contributed by atoms with Gasteiger partial charge in [0, 0.05) is 15.5 Å². The van der Waals surface area contributed by atoms with Gasteiger partial charge in [-0.2, -0.15) is 0 Å². The molecule has 0 unspecified atom stereocenters. The summed E-state index contributed by atoms with van der Waals surface area (Å²) in [5, 5.41) is 3.58. The Morgan fingerprint density at radius 3 is 2.04 bits per heavy atom. The SMILES string of the molecule is O=C(N[C@@H](Sc1ccccc1)c1ccc(Cl)cc1)c1ccccc1. The molecular formula is C20H16ClNOS. The first kappa shape index (κ1) is 16.6. The highest BCUT2D eigenvalue weighted by Gasteiger charge is 2.17. The zero-order valence-corrected chi connectivity index (χ0v) is 14.4. The van der Waals surface area contributed by atoms with E-state index in [1.165, 1.54) is 0 Å².